The Morgan fingerprint density at radius 2 is 2.17 bits per heavy atom. The van der Waals surface area contributed by atoms with Crippen LogP contribution in [0.4, 0.5) is 0 Å². The van der Waals surface area contributed by atoms with Crippen LogP contribution in [-0.2, 0) is 9.53 Å². The maximum absolute atomic E-state index is 12.3. The standard InChI is InChI=1S/C16H13Cl2N3O2S/c1-8-12(16(22)23-2)13(10-4-3-9(17)7-11(10)18)21-14(20-8)15-19-5-6-24-15/h3-7,13H,1-2H3,(H,20,21)/t13-/m1/s1. The van der Waals surface area contributed by atoms with E-state index in [0.717, 1.165) is 5.01 Å². The van der Waals surface area contributed by atoms with Gasteiger partial charge in [-0.05, 0) is 19.1 Å². The largest absolute Gasteiger partial charge is 0.466 e. The summed E-state index contributed by atoms with van der Waals surface area (Å²) in [6.07, 6.45) is 1.70. The van der Waals surface area contributed by atoms with E-state index in [1.165, 1.54) is 18.4 Å². The van der Waals surface area contributed by atoms with Crippen molar-refractivity contribution in [2.45, 2.75) is 13.0 Å². The molecule has 0 bridgehead atoms. The summed E-state index contributed by atoms with van der Waals surface area (Å²) in [5, 5.41) is 6.66. The molecule has 1 atom stereocenters. The lowest BCUT2D eigenvalue weighted by atomic mass is 9.96. The number of nitrogens with zero attached hydrogens (tertiary/aromatic N) is 2. The first-order valence-electron chi connectivity index (χ1n) is 7.00. The van der Waals surface area contributed by atoms with Crippen LogP contribution in [0.1, 0.15) is 23.5 Å². The number of nitrogens with one attached hydrogen (secondary N) is 1. The molecule has 0 amide bonds. The zero-order valence-corrected chi connectivity index (χ0v) is 15.2. The van der Waals surface area contributed by atoms with Crippen LogP contribution in [0.2, 0.25) is 10.0 Å². The molecule has 0 spiro atoms. The number of carbonyl (C=O) groups excluding carboxylic acids is 1. The summed E-state index contributed by atoms with van der Waals surface area (Å²) in [5.41, 5.74) is 1.73. The summed E-state index contributed by atoms with van der Waals surface area (Å²) in [4.78, 5) is 21.2. The minimum atomic E-state index is -0.595. The van der Waals surface area contributed by atoms with Gasteiger partial charge in [-0.3, -0.25) is 4.99 Å². The van der Waals surface area contributed by atoms with Gasteiger partial charge in [-0.1, -0.05) is 29.3 Å². The molecule has 0 unspecified atom stereocenters. The number of methoxy groups -OCH3 is 1. The number of benzene rings is 1. The molecule has 0 radical (unpaired) electrons. The lowest BCUT2D eigenvalue weighted by Gasteiger charge is -2.25. The lowest BCUT2D eigenvalue weighted by Crippen LogP contribution is -2.32. The van der Waals surface area contributed by atoms with Gasteiger partial charge in [-0.2, -0.15) is 0 Å². The van der Waals surface area contributed by atoms with Crippen LogP contribution < -0.4 is 5.32 Å². The molecule has 1 aromatic carbocycles. The molecule has 124 valence electrons. The van der Waals surface area contributed by atoms with Crippen LogP contribution in [0.15, 0.2) is 46.0 Å². The Morgan fingerprint density at radius 1 is 1.38 bits per heavy atom. The first kappa shape index (κ1) is 17.0. The predicted octanol–water partition coefficient (Wildman–Crippen LogP) is 3.99. The summed E-state index contributed by atoms with van der Waals surface area (Å²) in [5.74, 6) is 0.129. The highest BCUT2D eigenvalue weighted by Gasteiger charge is 2.32. The summed E-state index contributed by atoms with van der Waals surface area (Å²) in [6.45, 7) is 1.80. The average Bonchev–Trinajstić information content (AvgIpc) is 3.08. The number of allylic oxidation sites excluding steroid dienone is 1. The van der Waals surface area contributed by atoms with E-state index in [4.69, 9.17) is 27.9 Å². The highest BCUT2D eigenvalue weighted by Crippen LogP contribution is 2.37. The molecule has 2 aromatic rings. The third-order valence-electron chi connectivity index (χ3n) is 3.54. The number of esters is 1. The average molecular weight is 382 g/mol. The molecule has 1 N–H and O–H groups in total. The van der Waals surface area contributed by atoms with Gasteiger partial charge in [-0.25, -0.2) is 9.78 Å². The molecular weight excluding hydrogens is 369 g/mol. The molecular formula is C16H13Cl2N3O2S. The van der Waals surface area contributed by atoms with E-state index < -0.39 is 12.0 Å². The Labute approximate surface area is 153 Å². The van der Waals surface area contributed by atoms with Gasteiger partial charge < -0.3 is 10.1 Å². The van der Waals surface area contributed by atoms with Crippen molar-refractivity contribution in [1.82, 2.24) is 10.3 Å². The maximum Gasteiger partial charge on any atom is 0.338 e. The van der Waals surface area contributed by atoms with Gasteiger partial charge in [0.2, 0.25) is 0 Å². The molecule has 0 saturated heterocycles. The first-order valence-corrected chi connectivity index (χ1v) is 8.63. The minimum absolute atomic E-state index is 0.405. The molecule has 1 aliphatic rings. The number of rotatable bonds is 3. The zero-order chi connectivity index (χ0) is 17.3. The Morgan fingerprint density at radius 3 is 2.79 bits per heavy atom. The number of hydrogen-bond donors (Lipinski definition) is 1. The van der Waals surface area contributed by atoms with E-state index in [1.807, 2.05) is 5.38 Å². The van der Waals surface area contributed by atoms with Gasteiger partial charge in [0.05, 0.1) is 12.7 Å². The lowest BCUT2D eigenvalue weighted by molar-refractivity contribution is -0.136. The van der Waals surface area contributed by atoms with Gasteiger partial charge in [0.1, 0.15) is 6.04 Å². The van der Waals surface area contributed by atoms with Crippen molar-refractivity contribution in [3.05, 3.63) is 61.7 Å². The Hall–Kier alpha value is -1.89. The van der Waals surface area contributed by atoms with Crippen LogP contribution in [0.25, 0.3) is 0 Å². The molecule has 24 heavy (non-hydrogen) atoms. The number of halogens is 2. The molecule has 0 saturated carbocycles. The number of amidine groups is 1. The van der Waals surface area contributed by atoms with Crippen LogP contribution in [0.5, 0.6) is 0 Å². The molecule has 2 heterocycles. The summed E-state index contributed by atoms with van der Waals surface area (Å²) in [6, 6.07) is 4.51. The van der Waals surface area contributed by atoms with Crippen LogP contribution in [0.3, 0.4) is 0 Å². The van der Waals surface area contributed by atoms with Gasteiger partial charge >= 0.3 is 5.97 Å². The third kappa shape index (κ3) is 3.17. The van der Waals surface area contributed by atoms with Crippen molar-refractivity contribution in [3.63, 3.8) is 0 Å². The summed E-state index contributed by atoms with van der Waals surface area (Å²) < 4.78 is 4.91. The van der Waals surface area contributed by atoms with Crippen molar-refractivity contribution in [1.29, 1.82) is 0 Å². The van der Waals surface area contributed by atoms with Crippen LogP contribution in [0, 0.1) is 0 Å². The van der Waals surface area contributed by atoms with Crippen LogP contribution >= 0.6 is 34.5 Å². The molecule has 5 nitrogen and oxygen atoms in total. The quantitative estimate of drug-likeness (QED) is 0.816. The monoisotopic (exact) mass is 381 g/mol. The number of thiazole rings is 1. The van der Waals surface area contributed by atoms with Crippen molar-refractivity contribution in [2.24, 2.45) is 4.99 Å². The topological polar surface area (TPSA) is 63.6 Å². The Balaban J connectivity index is 2.14. The smallest absolute Gasteiger partial charge is 0.338 e. The number of hydrogen-bond acceptors (Lipinski definition) is 6. The predicted molar refractivity (Wildman–Crippen MR) is 95.7 cm³/mol. The van der Waals surface area contributed by atoms with E-state index in [2.05, 4.69) is 15.3 Å². The SMILES string of the molecule is COC(=O)C1=C(C)NC(c2nccs2)=N[C@@H]1c1ccc(Cl)cc1Cl. The first-order chi connectivity index (χ1) is 11.5. The number of ether oxygens (including phenoxy) is 1. The molecule has 0 aliphatic carbocycles. The third-order valence-corrected chi connectivity index (χ3v) is 4.88. The van der Waals surface area contributed by atoms with Crippen LogP contribution in [-0.4, -0.2) is 23.9 Å². The van der Waals surface area contributed by atoms with Crippen molar-refractivity contribution >= 4 is 46.3 Å². The molecule has 3 rings (SSSR count). The molecule has 1 aliphatic heterocycles. The molecule has 0 fully saturated rings. The number of carbonyl (C=O) groups is 1. The van der Waals surface area contributed by atoms with E-state index in [1.54, 1.807) is 31.3 Å². The second kappa shape index (κ2) is 6.93. The fourth-order valence-electron chi connectivity index (χ4n) is 2.45. The van der Waals surface area contributed by atoms with Gasteiger partial charge in [0, 0.05) is 32.9 Å². The Bertz CT molecular complexity index is 847. The summed E-state index contributed by atoms with van der Waals surface area (Å²) in [7, 11) is 1.34. The normalized spacial score (nSPS) is 17.3. The van der Waals surface area contributed by atoms with Gasteiger partial charge in [0.25, 0.3) is 0 Å². The van der Waals surface area contributed by atoms with E-state index in [0.29, 0.717) is 32.7 Å². The highest BCUT2D eigenvalue weighted by molar-refractivity contribution is 7.11. The number of aromatic nitrogens is 1. The summed E-state index contributed by atoms with van der Waals surface area (Å²) >= 11 is 13.8. The van der Waals surface area contributed by atoms with Crippen molar-refractivity contribution < 1.29 is 9.53 Å². The molecule has 1 aromatic heterocycles. The van der Waals surface area contributed by atoms with E-state index >= 15 is 0 Å². The fraction of sp³-hybridized carbons (Fsp3) is 0.188. The van der Waals surface area contributed by atoms with Crippen molar-refractivity contribution in [2.75, 3.05) is 7.11 Å². The van der Waals surface area contributed by atoms with E-state index in [-0.39, 0.29) is 0 Å². The van der Waals surface area contributed by atoms with Gasteiger partial charge in [-0.15, -0.1) is 11.3 Å². The highest BCUT2D eigenvalue weighted by atomic mass is 35.5. The minimum Gasteiger partial charge on any atom is -0.466 e. The van der Waals surface area contributed by atoms with E-state index in [9.17, 15) is 4.79 Å². The second-order valence-electron chi connectivity index (χ2n) is 5.04. The molecule has 8 heteroatoms. The number of aliphatic imine (C=N–C) groups is 1. The maximum atomic E-state index is 12.3. The van der Waals surface area contributed by atoms with Gasteiger partial charge in [0.15, 0.2) is 10.8 Å². The Kier molecular flexibility index (Phi) is 4.89. The fourth-order valence-corrected chi connectivity index (χ4v) is 3.55. The second-order valence-corrected chi connectivity index (χ2v) is 6.78. The van der Waals surface area contributed by atoms with Crippen molar-refractivity contribution in [3.8, 4) is 0 Å². The zero-order valence-electron chi connectivity index (χ0n) is 12.8.